The quantitative estimate of drug-likeness (QED) is 0.540. The first-order chi connectivity index (χ1) is 16.7. The highest BCUT2D eigenvalue weighted by Crippen LogP contribution is 2.32. The first-order valence-corrected chi connectivity index (χ1v) is 13.4. The number of halogens is 4. The molecular weight excluding hydrogens is 500 g/mol. The molecule has 0 bridgehead atoms. The van der Waals surface area contributed by atoms with E-state index in [9.17, 15) is 30.8 Å². The number of nitrogens with zero attached hydrogens (tertiary/aromatic N) is 3. The summed E-state index contributed by atoms with van der Waals surface area (Å²) in [5, 5.41) is 2.71. The van der Waals surface area contributed by atoms with Gasteiger partial charge in [-0.3, -0.25) is 9.10 Å². The number of anilines is 2. The Hall–Kier alpha value is -2.89. The third kappa shape index (κ3) is 6.45. The minimum atomic E-state index is -4.59. The van der Waals surface area contributed by atoms with Gasteiger partial charge in [0, 0.05) is 32.2 Å². The molecule has 7 nitrogen and oxygen atoms in total. The van der Waals surface area contributed by atoms with E-state index in [1.165, 1.54) is 25.2 Å². The summed E-state index contributed by atoms with van der Waals surface area (Å²) in [7, 11) is -2.44. The first kappa shape index (κ1) is 27.7. The molecule has 1 atom stereocenters. The van der Waals surface area contributed by atoms with Crippen molar-refractivity contribution in [1.82, 2.24) is 10.3 Å². The van der Waals surface area contributed by atoms with E-state index < -0.39 is 39.5 Å². The number of amides is 1. The molecule has 2 heterocycles. The van der Waals surface area contributed by atoms with E-state index in [0.717, 1.165) is 35.5 Å². The second kappa shape index (κ2) is 10.6. The molecule has 0 spiro atoms. The lowest BCUT2D eigenvalue weighted by atomic mass is 9.98. The molecule has 1 unspecified atom stereocenters. The van der Waals surface area contributed by atoms with Gasteiger partial charge in [-0.05, 0) is 49.4 Å². The van der Waals surface area contributed by atoms with Crippen molar-refractivity contribution >= 4 is 27.4 Å². The zero-order valence-corrected chi connectivity index (χ0v) is 21.4. The van der Waals surface area contributed by atoms with Crippen LogP contribution in [-0.4, -0.2) is 45.7 Å². The Kier molecular flexibility index (Phi) is 8.17. The van der Waals surface area contributed by atoms with E-state index in [-0.39, 0.29) is 18.1 Å². The molecule has 1 aromatic heterocycles. The largest absolute Gasteiger partial charge is 0.433 e. The Morgan fingerprint density at radius 1 is 1.22 bits per heavy atom. The maximum Gasteiger partial charge on any atom is 0.433 e. The van der Waals surface area contributed by atoms with Crippen molar-refractivity contribution in [2.24, 2.45) is 5.92 Å². The standard InChI is InChI=1S/C24H30F4N4O3S/c1-15-9-11-32(12-10-15)22-18(6-8-21(30-22)24(26,27)28)14-29-23(33)16(2)17-5-7-20(19(25)13-17)31(3)36(4,34)35/h5-8,13,15-16H,9-12,14H2,1-4H3,(H,29,33). The predicted octanol–water partition coefficient (Wildman–Crippen LogP) is 4.29. The highest BCUT2D eigenvalue weighted by atomic mass is 32.2. The van der Waals surface area contributed by atoms with E-state index in [4.69, 9.17) is 0 Å². The molecule has 1 fully saturated rings. The van der Waals surface area contributed by atoms with Crippen LogP contribution in [0.25, 0.3) is 0 Å². The molecule has 36 heavy (non-hydrogen) atoms. The number of rotatable bonds is 7. The molecule has 0 saturated carbocycles. The van der Waals surface area contributed by atoms with Crippen molar-refractivity contribution in [3.05, 3.63) is 53.0 Å². The topological polar surface area (TPSA) is 82.6 Å². The second-order valence-electron chi connectivity index (χ2n) is 9.23. The van der Waals surface area contributed by atoms with E-state index in [1.807, 2.05) is 4.90 Å². The number of piperidine rings is 1. The lowest BCUT2D eigenvalue weighted by Gasteiger charge is -2.33. The highest BCUT2D eigenvalue weighted by Gasteiger charge is 2.34. The van der Waals surface area contributed by atoms with Gasteiger partial charge >= 0.3 is 6.18 Å². The van der Waals surface area contributed by atoms with Gasteiger partial charge in [0.25, 0.3) is 0 Å². The molecule has 1 amide bonds. The van der Waals surface area contributed by atoms with Crippen LogP contribution in [0.5, 0.6) is 0 Å². The number of carbonyl (C=O) groups is 1. The van der Waals surface area contributed by atoms with Crippen LogP contribution in [0.4, 0.5) is 29.1 Å². The minimum absolute atomic E-state index is 0.0485. The Balaban J connectivity index is 1.77. The average Bonchev–Trinajstić information content (AvgIpc) is 2.80. The van der Waals surface area contributed by atoms with Crippen LogP contribution in [0.3, 0.4) is 0 Å². The zero-order chi connectivity index (χ0) is 26.8. The summed E-state index contributed by atoms with van der Waals surface area (Å²) < 4.78 is 78.6. The summed E-state index contributed by atoms with van der Waals surface area (Å²) in [6, 6.07) is 6.06. The van der Waals surface area contributed by atoms with E-state index in [0.29, 0.717) is 30.1 Å². The van der Waals surface area contributed by atoms with Crippen LogP contribution >= 0.6 is 0 Å². The lowest BCUT2D eigenvalue weighted by molar-refractivity contribution is -0.141. The van der Waals surface area contributed by atoms with Crippen LogP contribution in [0.2, 0.25) is 0 Å². The monoisotopic (exact) mass is 530 g/mol. The third-order valence-electron chi connectivity index (χ3n) is 6.48. The second-order valence-corrected chi connectivity index (χ2v) is 11.2. The fraction of sp³-hybridized carbons (Fsp3) is 0.500. The molecule has 1 aliphatic heterocycles. The molecule has 0 aliphatic carbocycles. The molecule has 1 aromatic carbocycles. The van der Waals surface area contributed by atoms with Crippen molar-refractivity contribution in [3.63, 3.8) is 0 Å². The van der Waals surface area contributed by atoms with Crippen molar-refractivity contribution < 1.29 is 30.8 Å². The Labute approximate surface area is 208 Å². The predicted molar refractivity (Wildman–Crippen MR) is 130 cm³/mol. The van der Waals surface area contributed by atoms with Crippen LogP contribution in [0.1, 0.15) is 49.4 Å². The summed E-state index contributed by atoms with van der Waals surface area (Å²) in [6.45, 7) is 4.74. The maximum absolute atomic E-state index is 14.6. The van der Waals surface area contributed by atoms with Gasteiger partial charge in [0.05, 0.1) is 17.9 Å². The van der Waals surface area contributed by atoms with E-state index in [1.54, 1.807) is 6.92 Å². The lowest BCUT2D eigenvalue weighted by Crippen LogP contribution is -2.35. The smallest absolute Gasteiger partial charge is 0.356 e. The summed E-state index contributed by atoms with van der Waals surface area (Å²) in [4.78, 5) is 18.5. The SMILES string of the molecule is CC1CCN(c2nc(C(F)(F)F)ccc2CNC(=O)C(C)c2ccc(N(C)S(C)(=O)=O)c(F)c2)CC1. The van der Waals surface area contributed by atoms with Gasteiger partial charge in [-0.25, -0.2) is 17.8 Å². The van der Waals surface area contributed by atoms with Crippen molar-refractivity contribution in [2.75, 3.05) is 35.6 Å². The Morgan fingerprint density at radius 3 is 2.42 bits per heavy atom. The Bertz CT molecular complexity index is 1210. The molecule has 0 radical (unpaired) electrons. The summed E-state index contributed by atoms with van der Waals surface area (Å²) in [6.07, 6.45) is -1.98. The summed E-state index contributed by atoms with van der Waals surface area (Å²) in [5.74, 6) is -1.38. The molecular formula is C24H30F4N4O3S. The first-order valence-electron chi connectivity index (χ1n) is 11.5. The molecule has 3 rings (SSSR count). The van der Waals surface area contributed by atoms with Gasteiger partial charge in [-0.1, -0.05) is 19.1 Å². The number of carbonyl (C=O) groups excluding carboxylic acids is 1. The van der Waals surface area contributed by atoms with Gasteiger partial charge in [0.15, 0.2) is 0 Å². The van der Waals surface area contributed by atoms with Crippen molar-refractivity contribution in [2.45, 2.75) is 45.3 Å². The van der Waals surface area contributed by atoms with Gasteiger partial charge in [-0.15, -0.1) is 0 Å². The summed E-state index contributed by atoms with van der Waals surface area (Å²) in [5.41, 5.74) is -0.361. The number of hydrogen-bond donors (Lipinski definition) is 1. The number of sulfonamides is 1. The van der Waals surface area contributed by atoms with Crippen molar-refractivity contribution in [1.29, 1.82) is 0 Å². The number of pyridine rings is 1. The van der Waals surface area contributed by atoms with Crippen LogP contribution < -0.4 is 14.5 Å². The molecule has 1 aliphatic rings. The van der Waals surface area contributed by atoms with E-state index >= 15 is 0 Å². The number of hydrogen-bond acceptors (Lipinski definition) is 5. The van der Waals surface area contributed by atoms with Crippen LogP contribution in [0, 0.1) is 11.7 Å². The molecule has 1 N–H and O–H groups in total. The normalized spacial score (nSPS) is 16.1. The summed E-state index contributed by atoms with van der Waals surface area (Å²) >= 11 is 0. The Morgan fingerprint density at radius 2 is 1.86 bits per heavy atom. The number of benzene rings is 1. The van der Waals surface area contributed by atoms with Crippen LogP contribution in [-0.2, 0) is 27.5 Å². The average molecular weight is 531 g/mol. The number of aromatic nitrogens is 1. The number of alkyl halides is 3. The van der Waals surface area contributed by atoms with E-state index in [2.05, 4.69) is 17.2 Å². The fourth-order valence-electron chi connectivity index (χ4n) is 3.98. The molecule has 198 valence electrons. The molecule has 12 heteroatoms. The molecule has 1 saturated heterocycles. The third-order valence-corrected chi connectivity index (χ3v) is 7.68. The minimum Gasteiger partial charge on any atom is -0.356 e. The molecule has 2 aromatic rings. The van der Waals surface area contributed by atoms with Crippen molar-refractivity contribution in [3.8, 4) is 0 Å². The fourth-order valence-corrected chi connectivity index (χ4v) is 4.49. The van der Waals surface area contributed by atoms with Gasteiger partial charge in [0.1, 0.15) is 17.3 Å². The van der Waals surface area contributed by atoms with Crippen LogP contribution in [0.15, 0.2) is 30.3 Å². The maximum atomic E-state index is 14.6. The zero-order valence-electron chi connectivity index (χ0n) is 20.6. The van der Waals surface area contributed by atoms with Gasteiger partial charge in [-0.2, -0.15) is 13.2 Å². The van der Waals surface area contributed by atoms with Gasteiger partial charge < -0.3 is 10.2 Å². The number of nitrogens with one attached hydrogen (secondary N) is 1. The highest BCUT2D eigenvalue weighted by molar-refractivity contribution is 7.92. The van der Waals surface area contributed by atoms with Gasteiger partial charge in [0.2, 0.25) is 15.9 Å².